The molecule has 0 bridgehead atoms. The molecule has 3 aromatic rings. The Balaban J connectivity index is 1.51. The number of nitrogens with zero attached hydrogens (tertiary/aromatic N) is 1. The van der Waals surface area contributed by atoms with Gasteiger partial charge >= 0.3 is 11.8 Å². The Hall–Kier alpha value is -4.28. The molecular formula is C27H26Cl2N4O6. The molecule has 3 rings (SSSR count). The first-order valence-corrected chi connectivity index (χ1v) is 12.4. The van der Waals surface area contributed by atoms with Crippen molar-refractivity contribution in [2.45, 2.75) is 13.5 Å². The zero-order chi connectivity index (χ0) is 28.2. The minimum absolute atomic E-state index is 0.171. The third-order valence-corrected chi connectivity index (χ3v) is 5.77. The van der Waals surface area contributed by atoms with Crippen LogP contribution < -0.4 is 30.3 Å². The third kappa shape index (κ3) is 9.20. The van der Waals surface area contributed by atoms with Crippen molar-refractivity contribution in [3.63, 3.8) is 0 Å². The van der Waals surface area contributed by atoms with Gasteiger partial charge in [-0.2, -0.15) is 5.10 Å². The molecule has 3 N–H and O–H groups in total. The maximum Gasteiger partial charge on any atom is 0.329 e. The summed E-state index contributed by atoms with van der Waals surface area (Å²) in [4.78, 5) is 36.4. The van der Waals surface area contributed by atoms with Crippen molar-refractivity contribution in [2.24, 2.45) is 5.10 Å². The van der Waals surface area contributed by atoms with E-state index >= 15 is 0 Å². The topological polar surface area (TPSA) is 127 Å². The number of rotatable bonds is 11. The monoisotopic (exact) mass is 572 g/mol. The van der Waals surface area contributed by atoms with Crippen LogP contribution in [0.5, 0.6) is 17.2 Å². The first-order valence-electron chi connectivity index (χ1n) is 11.7. The van der Waals surface area contributed by atoms with E-state index in [-0.39, 0.29) is 13.2 Å². The highest BCUT2D eigenvalue weighted by Gasteiger charge is 2.13. The fraction of sp³-hybridized carbons (Fsp3) is 0.185. The summed E-state index contributed by atoms with van der Waals surface area (Å²) in [7, 11) is 1.56. The molecule has 39 heavy (non-hydrogen) atoms. The number of nitrogens with one attached hydrogen (secondary N) is 3. The number of carbonyl (C=O) groups is 3. The Morgan fingerprint density at radius 3 is 2.36 bits per heavy atom. The second-order valence-corrected chi connectivity index (χ2v) is 8.65. The minimum Gasteiger partial charge on any atom is -0.497 e. The molecule has 0 aliphatic carbocycles. The van der Waals surface area contributed by atoms with Crippen molar-refractivity contribution in [1.29, 1.82) is 0 Å². The Bertz CT molecular complexity index is 1350. The molecule has 0 saturated carbocycles. The van der Waals surface area contributed by atoms with Gasteiger partial charge in [-0.25, -0.2) is 5.43 Å². The van der Waals surface area contributed by atoms with Gasteiger partial charge in [-0.15, -0.1) is 0 Å². The normalized spacial score (nSPS) is 10.6. The van der Waals surface area contributed by atoms with Gasteiger partial charge in [-0.1, -0.05) is 35.3 Å². The third-order valence-electron chi connectivity index (χ3n) is 5.03. The number of halogens is 2. The predicted octanol–water partition coefficient (Wildman–Crippen LogP) is 4.18. The quantitative estimate of drug-likeness (QED) is 0.180. The average Bonchev–Trinajstić information content (AvgIpc) is 2.93. The van der Waals surface area contributed by atoms with Crippen LogP contribution in [0, 0.1) is 0 Å². The van der Waals surface area contributed by atoms with Gasteiger partial charge in [-0.05, 0) is 66.6 Å². The van der Waals surface area contributed by atoms with E-state index in [2.05, 4.69) is 21.2 Å². The number of benzene rings is 3. The average molecular weight is 573 g/mol. The molecule has 3 amide bonds. The number of carbonyl (C=O) groups excluding carboxylic acids is 3. The van der Waals surface area contributed by atoms with Crippen molar-refractivity contribution >= 4 is 52.8 Å². The van der Waals surface area contributed by atoms with Crippen LogP contribution in [0.2, 0.25) is 10.0 Å². The molecule has 0 aliphatic heterocycles. The summed E-state index contributed by atoms with van der Waals surface area (Å²) in [5, 5.41) is 9.70. The van der Waals surface area contributed by atoms with Crippen molar-refractivity contribution in [2.75, 3.05) is 25.6 Å². The van der Waals surface area contributed by atoms with Gasteiger partial charge in [0, 0.05) is 12.2 Å². The fourth-order valence-electron chi connectivity index (χ4n) is 3.13. The highest BCUT2D eigenvalue weighted by atomic mass is 35.5. The molecule has 0 heterocycles. The minimum atomic E-state index is -0.919. The summed E-state index contributed by atoms with van der Waals surface area (Å²) < 4.78 is 16.3. The van der Waals surface area contributed by atoms with Gasteiger partial charge in [0.25, 0.3) is 5.91 Å². The molecule has 0 fully saturated rings. The van der Waals surface area contributed by atoms with Crippen LogP contribution in [0.3, 0.4) is 0 Å². The molecule has 12 heteroatoms. The highest BCUT2D eigenvalue weighted by Crippen LogP contribution is 2.28. The first kappa shape index (κ1) is 29.3. The largest absolute Gasteiger partial charge is 0.497 e. The summed E-state index contributed by atoms with van der Waals surface area (Å²) in [6.07, 6.45) is 1.35. The summed E-state index contributed by atoms with van der Waals surface area (Å²) in [5.41, 5.74) is 4.02. The second kappa shape index (κ2) is 14.6. The zero-order valence-corrected chi connectivity index (χ0v) is 22.6. The van der Waals surface area contributed by atoms with E-state index in [1.807, 2.05) is 0 Å². The molecule has 0 atom stereocenters. The highest BCUT2D eigenvalue weighted by molar-refractivity contribution is 6.42. The number of hydrogen-bond acceptors (Lipinski definition) is 7. The van der Waals surface area contributed by atoms with Crippen LogP contribution in [0.25, 0.3) is 0 Å². The predicted molar refractivity (Wildman–Crippen MR) is 149 cm³/mol. The number of methoxy groups -OCH3 is 1. The molecule has 0 unspecified atom stereocenters. The van der Waals surface area contributed by atoms with Crippen molar-refractivity contribution in [1.82, 2.24) is 10.7 Å². The first-order chi connectivity index (χ1) is 18.8. The van der Waals surface area contributed by atoms with Gasteiger partial charge in [0.05, 0.1) is 30.0 Å². The Kier molecular flexibility index (Phi) is 11.0. The Morgan fingerprint density at radius 2 is 1.67 bits per heavy atom. The summed E-state index contributed by atoms with van der Waals surface area (Å²) in [6, 6.07) is 16.7. The number of hydrogen-bond donors (Lipinski definition) is 3. The van der Waals surface area contributed by atoms with Crippen LogP contribution in [0.4, 0.5) is 5.69 Å². The molecule has 0 radical (unpaired) electrons. The molecule has 10 nitrogen and oxygen atoms in total. The van der Waals surface area contributed by atoms with E-state index in [4.69, 9.17) is 37.4 Å². The molecular weight excluding hydrogens is 547 g/mol. The van der Waals surface area contributed by atoms with Crippen molar-refractivity contribution in [3.05, 3.63) is 81.8 Å². The number of ether oxygens (including phenoxy) is 3. The van der Waals surface area contributed by atoms with E-state index in [1.54, 1.807) is 68.6 Å². The fourth-order valence-corrected chi connectivity index (χ4v) is 3.43. The lowest BCUT2D eigenvalue weighted by molar-refractivity contribution is -0.139. The second-order valence-electron chi connectivity index (χ2n) is 7.83. The Labute approximate surface area is 235 Å². The molecule has 0 saturated heterocycles. The number of anilines is 1. The molecule has 0 spiro atoms. The summed E-state index contributed by atoms with van der Waals surface area (Å²) in [6.45, 7) is 2.03. The molecule has 204 valence electrons. The van der Waals surface area contributed by atoms with E-state index in [9.17, 15) is 14.4 Å². The van der Waals surface area contributed by atoms with Crippen molar-refractivity contribution in [3.8, 4) is 17.2 Å². The van der Waals surface area contributed by atoms with Gasteiger partial charge in [-0.3, -0.25) is 14.4 Å². The number of amides is 3. The molecule has 3 aromatic carbocycles. The van der Waals surface area contributed by atoms with E-state index in [0.717, 1.165) is 5.56 Å². The van der Waals surface area contributed by atoms with E-state index in [0.29, 0.717) is 45.2 Å². The van der Waals surface area contributed by atoms with Crippen LogP contribution in [-0.2, 0) is 20.9 Å². The van der Waals surface area contributed by atoms with Crippen molar-refractivity contribution < 1.29 is 28.6 Å². The lowest BCUT2D eigenvalue weighted by Crippen LogP contribution is -2.37. The van der Waals surface area contributed by atoms with Crippen LogP contribution in [-0.4, -0.2) is 44.3 Å². The van der Waals surface area contributed by atoms with Gasteiger partial charge < -0.3 is 24.8 Å². The lowest BCUT2D eigenvalue weighted by Gasteiger charge is -2.13. The smallest absolute Gasteiger partial charge is 0.329 e. The van der Waals surface area contributed by atoms with Gasteiger partial charge in [0.1, 0.15) is 5.75 Å². The zero-order valence-electron chi connectivity index (χ0n) is 21.1. The van der Waals surface area contributed by atoms with Crippen LogP contribution in [0.1, 0.15) is 18.1 Å². The standard InChI is InChI=1S/C27H26Cl2N4O6/c1-3-38-24-12-18(6-11-23(24)39-16-25(34)32-19-7-10-21(28)22(29)13-19)15-31-33-27(36)26(35)30-14-17-4-8-20(37-2)9-5-17/h4-13,15H,3,14,16H2,1-2H3,(H,30,35)(H,32,34)(H,33,36)/b31-15-. The van der Waals surface area contributed by atoms with Gasteiger partial charge in [0.2, 0.25) is 0 Å². The maximum atomic E-state index is 12.3. The molecule has 0 aliphatic rings. The van der Waals surface area contributed by atoms with E-state index < -0.39 is 17.7 Å². The van der Waals surface area contributed by atoms with Crippen LogP contribution >= 0.6 is 23.2 Å². The van der Waals surface area contributed by atoms with E-state index in [1.165, 1.54) is 12.3 Å². The number of hydrazone groups is 1. The lowest BCUT2D eigenvalue weighted by atomic mass is 10.2. The van der Waals surface area contributed by atoms with Crippen LogP contribution in [0.15, 0.2) is 65.8 Å². The summed E-state index contributed by atoms with van der Waals surface area (Å²) >= 11 is 11.9. The maximum absolute atomic E-state index is 12.3. The van der Waals surface area contributed by atoms with Gasteiger partial charge in [0.15, 0.2) is 18.1 Å². The molecule has 0 aromatic heterocycles. The Morgan fingerprint density at radius 1 is 0.897 bits per heavy atom. The summed E-state index contributed by atoms with van der Waals surface area (Å²) in [5.74, 6) is -0.768. The SMILES string of the molecule is CCOc1cc(/C=N\NC(=O)C(=O)NCc2ccc(OC)cc2)ccc1OCC(=O)Nc1ccc(Cl)c(Cl)c1.